The van der Waals surface area contributed by atoms with Crippen molar-refractivity contribution in [2.75, 3.05) is 0 Å². The van der Waals surface area contributed by atoms with Gasteiger partial charge in [-0.05, 0) is 19.9 Å². The molecule has 0 aliphatic carbocycles. The van der Waals surface area contributed by atoms with Gasteiger partial charge in [-0.2, -0.15) is 0 Å². The van der Waals surface area contributed by atoms with E-state index in [0.717, 1.165) is 0 Å². The topological polar surface area (TPSA) is 98.6 Å². The van der Waals surface area contributed by atoms with E-state index in [1.54, 1.807) is 13.0 Å². The molecule has 1 N–H and O–H groups in total. The summed E-state index contributed by atoms with van der Waals surface area (Å²) in [6, 6.07) is 5.82. The quantitative estimate of drug-likeness (QED) is 0.666. The lowest BCUT2D eigenvalue weighted by atomic mass is 10.1. The molecule has 0 saturated heterocycles. The normalized spacial score (nSPS) is 12.2. The highest BCUT2D eigenvalue weighted by molar-refractivity contribution is 5.44. The first-order valence-corrected chi connectivity index (χ1v) is 5.99. The van der Waals surface area contributed by atoms with Gasteiger partial charge in [0, 0.05) is 23.8 Å². The van der Waals surface area contributed by atoms with Crippen LogP contribution in [0.2, 0.25) is 0 Å². The van der Waals surface area contributed by atoms with Gasteiger partial charge in [-0.25, -0.2) is 0 Å². The fourth-order valence-corrected chi connectivity index (χ4v) is 1.75. The number of hydrogen-bond donors (Lipinski definition) is 1. The highest BCUT2D eigenvalue weighted by Gasteiger charge is 2.15. The van der Waals surface area contributed by atoms with Gasteiger partial charge in [-0.15, -0.1) is 0 Å². The molecule has 1 heterocycles. The number of aliphatic hydroxyl groups is 1. The van der Waals surface area contributed by atoms with E-state index < -0.39 is 11.0 Å². The minimum absolute atomic E-state index is 0.0921. The summed E-state index contributed by atoms with van der Waals surface area (Å²) in [4.78, 5) is 10.2. The van der Waals surface area contributed by atoms with Crippen molar-refractivity contribution < 1.29 is 19.3 Å². The second kappa shape index (κ2) is 5.70. The van der Waals surface area contributed by atoms with E-state index in [-0.39, 0.29) is 12.3 Å². The summed E-state index contributed by atoms with van der Waals surface area (Å²) in [5.74, 6) is 1.05. The van der Waals surface area contributed by atoms with Gasteiger partial charge in [0.2, 0.25) is 0 Å². The number of aliphatic hydroxyl groups excluding tert-OH is 1. The van der Waals surface area contributed by atoms with Gasteiger partial charge >= 0.3 is 0 Å². The van der Waals surface area contributed by atoms with Crippen LogP contribution in [0.1, 0.15) is 30.0 Å². The van der Waals surface area contributed by atoms with Crippen molar-refractivity contribution in [1.82, 2.24) is 5.16 Å². The molecule has 0 unspecified atom stereocenters. The fraction of sp³-hybridized carbons (Fsp3) is 0.308. The standard InChI is InChI=1S/C13H14N2O5/c1-8-5-10(14-20-8)7-19-13-4-3-11(15(17)18)6-12(13)9(2)16/h3-6,9,16H,7H2,1-2H3/t9-/m0/s1. The maximum Gasteiger partial charge on any atom is 0.270 e. The lowest BCUT2D eigenvalue weighted by Gasteiger charge is -2.12. The zero-order valence-electron chi connectivity index (χ0n) is 11.1. The monoisotopic (exact) mass is 278 g/mol. The number of aryl methyl sites for hydroxylation is 1. The number of rotatable bonds is 5. The Morgan fingerprint density at radius 3 is 2.80 bits per heavy atom. The predicted molar refractivity (Wildman–Crippen MR) is 69.3 cm³/mol. The molecule has 0 fully saturated rings. The van der Waals surface area contributed by atoms with E-state index in [1.165, 1.54) is 25.1 Å². The van der Waals surface area contributed by atoms with Crippen molar-refractivity contribution in [2.45, 2.75) is 26.6 Å². The van der Waals surface area contributed by atoms with E-state index in [9.17, 15) is 15.2 Å². The minimum Gasteiger partial charge on any atom is -0.487 e. The summed E-state index contributed by atoms with van der Waals surface area (Å²) in [5.41, 5.74) is 0.877. The Balaban J connectivity index is 2.20. The van der Waals surface area contributed by atoms with Gasteiger partial charge in [0.15, 0.2) is 0 Å². The molecule has 0 saturated carbocycles. The Hall–Kier alpha value is -2.41. The maximum atomic E-state index is 10.7. The van der Waals surface area contributed by atoms with Gasteiger partial charge in [0.05, 0.1) is 11.0 Å². The van der Waals surface area contributed by atoms with Crippen molar-refractivity contribution in [3.05, 3.63) is 51.4 Å². The Labute approximate surface area is 114 Å². The summed E-state index contributed by atoms with van der Waals surface area (Å²) in [6.07, 6.45) is -0.871. The molecule has 1 atom stereocenters. The molecule has 0 spiro atoms. The molecule has 2 aromatic rings. The Morgan fingerprint density at radius 2 is 2.25 bits per heavy atom. The fourth-order valence-electron chi connectivity index (χ4n) is 1.75. The highest BCUT2D eigenvalue weighted by Crippen LogP contribution is 2.29. The van der Waals surface area contributed by atoms with Crippen molar-refractivity contribution in [3.8, 4) is 5.75 Å². The molecule has 106 valence electrons. The van der Waals surface area contributed by atoms with Gasteiger partial charge in [-0.3, -0.25) is 10.1 Å². The number of aromatic nitrogens is 1. The van der Waals surface area contributed by atoms with Crippen LogP contribution in [0, 0.1) is 17.0 Å². The van der Waals surface area contributed by atoms with E-state index in [0.29, 0.717) is 22.8 Å². The molecule has 0 bridgehead atoms. The highest BCUT2D eigenvalue weighted by atomic mass is 16.6. The molecular weight excluding hydrogens is 264 g/mol. The molecule has 7 heteroatoms. The number of benzene rings is 1. The number of ether oxygens (including phenoxy) is 1. The Kier molecular flexibility index (Phi) is 3.99. The molecule has 1 aromatic carbocycles. The zero-order chi connectivity index (χ0) is 14.7. The summed E-state index contributed by atoms with van der Waals surface area (Å²) in [7, 11) is 0. The van der Waals surface area contributed by atoms with Crippen LogP contribution < -0.4 is 4.74 Å². The SMILES string of the molecule is Cc1cc(COc2ccc([N+](=O)[O-])cc2[C@H](C)O)no1. The van der Waals surface area contributed by atoms with Gasteiger partial charge in [-0.1, -0.05) is 5.16 Å². The smallest absolute Gasteiger partial charge is 0.270 e. The van der Waals surface area contributed by atoms with Crippen LogP contribution in [0.4, 0.5) is 5.69 Å². The third kappa shape index (κ3) is 3.12. The number of nitro benzene ring substituents is 1. The number of nitrogens with zero attached hydrogens (tertiary/aromatic N) is 2. The Bertz CT molecular complexity index is 621. The number of non-ortho nitro benzene ring substituents is 1. The zero-order valence-corrected chi connectivity index (χ0v) is 11.1. The summed E-state index contributed by atoms with van der Waals surface area (Å²) >= 11 is 0. The lowest BCUT2D eigenvalue weighted by molar-refractivity contribution is -0.385. The molecular formula is C13H14N2O5. The van der Waals surface area contributed by atoms with Crippen LogP contribution in [0.25, 0.3) is 0 Å². The minimum atomic E-state index is -0.871. The van der Waals surface area contributed by atoms with Crippen LogP contribution in [-0.2, 0) is 6.61 Å². The van der Waals surface area contributed by atoms with Crippen molar-refractivity contribution in [1.29, 1.82) is 0 Å². The van der Waals surface area contributed by atoms with Crippen LogP contribution in [0.15, 0.2) is 28.8 Å². The third-order valence-electron chi connectivity index (χ3n) is 2.71. The van der Waals surface area contributed by atoms with Gasteiger partial charge < -0.3 is 14.4 Å². The van der Waals surface area contributed by atoms with Crippen LogP contribution in [-0.4, -0.2) is 15.2 Å². The van der Waals surface area contributed by atoms with E-state index in [2.05, 4.69) is 5.16 Å². The number of hydrogen-bond acceptors (Lipinski definition) is 6. The van der Waals surface area contributed by atoms with Gasteiger partial charge in [0.1, 0.15) is 23.8 Å². The first-order chi connectivity index (χ1) is 9.47. The molecule has 20 heavy (non-hydrogen) atoms. The average Bonchev–Trinajstić information content (AvgIpc) is 2.81. The number of nitro groups is 1. The van der Waals surface area contributed by atoms with Crippen LogP contribution in [0.3, 0.4) is 0 Å². The molecule has 7 nitrogen and oxygen atoms in total. The van der Waals surface area contributed by atoms with Gasteiger partial charge in [0.25, 0.3) is 5.69 Å². The van der Waals surface area contributed by atoms with Crippen LogP contribution in [0.5, 0.6) is 5.75 Å². The third-order valence-corrected chi connectivity index (χ3v) is 2.71. The molecule has 1 aromatic heterocycles. The lowest BCUT2D eigenvalue weighted by Crippen LogP contribution is -2.02. The Morgan fingerprint density at radius 1 is 1.50 bits per heavy atom. The van der Waals surface area contributed by atoms with E-state index >= 15 is 0 Å². The predicted octanol–water partition coefficient (Wildman–Crippen LogP) is 2.52. The second-order valence-corrected chi connectivity index (χ2v) is 4.37. The average molecular weight is 278 g/mol. The summed E-state index contributed by atoms with van der Waals surface area (Å²) < 4.78 is 10.4. The second-order valence-electron chi connectivity index (χ2n) is 4.37. The molecule has 0 amide bonds. The molecule has 0 aliphatic rings. The first-order valence-electron chi connectivity index (χ1n) is 5.99. The van der Waals surface area contributed by atoms with Crippen molar-refractivity contribution in [2.24, 2.45) is 0 Å². The van der Waals surface area contributed by atoms with E-state index in [4.69, 9.17) is 9.26 Å². The molecule has 0 aliphatic heterocycles. The van der Waals surface area contributed by atoms with Crippen molar-refractivity contribution >= 4 is 5.69 Å². The van der Waals surface area contributed by atoms with Crippen LogP contribution >= 0.6 is 0 Å². The maximum absolute atomic E-state index is 10.7. The molecule has 0 radical (unpaired) electrons. The first kappa shape index (κ1) is 14.0. The van der Waals surface area contributed by atoms with E-state index in [1.807, 2.05) is 0 Å². The molecule has 2 rings (SSSR count). The van der Waals surface area contributed by atoms with Crippen molar-refractivity contribution in [3.63, 3.8) is 0 Å². The summed E-state index contributed by atoms with van der Waals surface area (Å²) in [5, 5.41) is 24.2. The largest absolute Gasteiger partial charge is 0.487 e. The summed E-state index contributed by atoms with van der Waals surface area (Å²) in [6.45, 7) is 3.45.